The van der Waals surface area contributed by atoms with E-state index in [-0.39, 0.29) is 6.61 Å². The summed E-state index contributed by atoms with van der Waals surface area (Å²) in [5.41, 5.74) is 0.627. The van der Waals surface area contributed by atoms with Crippen molar-refractivity contribution in [1.29, 1.82) is 0 Å². The topological polar surface area (TPSA) is 38.8 Å². The van der Waals surface area contributed by atoms with Crippen LogP contribution in [0.4, 0.5) is 8.78 Å². The molecular weight excluding hydrogens is 208 g/mol. The molecule has 2 aliphatic heterocycles. The normalized spacial score (nSPS) is 27.8. The molecule has 2 rings (SSSR count). The Balaban J connectivity index is 2.16. The highest BCUT2D eigenvalue weighted by Gasteiger charge is 2.50. The van der Waals surface area contributed by atoms with Gasteiger partial charge >= 0.3 is 5.97 Å². The fourth-order valence-electron chi connectivity index (χ4n) is 1.77. The van der Waals surface area contributed by atoms with Crippen molar-refractivity contribution in [3.8, 4) is 0 Å². The molecule has 0 spiro atoms. The van der Waals surface area contributed by atoms with Crippen LogP contribution in [0.25, 0.3) is 0 Å². The maximum atomic E-state index is 13.1. The Bertz CT molecular complexity index is 316. The van der Waals surface area contributed by atoms with Gasteiger partial charge in [0.2, 0.25) is 0 Å². The molecule has 2 heterocycles. The Morgan fingerprint density at radius 3 is 2.87 bits per heavy atom. The van der Waals surface area contributed by atoms with Crippen molar-refractivity contribution >= 4 is 5.97 Å². The summed E-state index contributed by atoms with van der Waals surface area (Å²) in [5.74, 6) is -3.46. The Kier molecular flexibility index (Phi) is 2.28. The van der Waals surface area contributed by atoms with Crippen LogP contribution in [-0.4, -0.2) is 43.1 Å². The highest BCUT2D eigenvalue weighted by Crippen LogP contribution is 2.36. The number of hydrogen-bond donors (Lipinski definition) is 0. The molecule has 0 N–H and O–H groups in total. The average Bonchev–Trinajstić information content (AvgIpc) is 2.37. The van der Waals surface area contributed by atoms with Crippen LogP contribution in [0.15, 0.2) is 12.0 Å². The van der Waals surface area contributed by atoms with E-state index in [9.17, 15) is 13.6 Å². The summed E-state index contributed by atoms with van der Waals surface area (Å²) in [6.45, 7) is -0.161. The van der Waals surface area contributed by atoms with Crippen LogP contribution in [0.1, 0.15) is 6.42 Å². The molecule has 4 nitrogen and oxygen atoms in total. The predicted molar refractivity (Wildman–Crippen MR) is 46.1 cm³/mol. The highest BCUT2D eigenvalue weighted by molar-refractivity contribution is 5.76. The van der Waals surface area contributed by atoms with Crippen LogP contribution < -0.4 is 0 Å². The summed E-state index contributed by atoms with van der Waals surface area (Å²) in [7, 11) is 1.20. The highest BCUT2D eigenvalue weighted by atomic mass is 19.3. The van der Waals surface area contributed by atoms with Gasteiger partial charge < -0.3 is 14.4 Å². The van der Waals surface area contributed by atoms with Crippen LogP contribution in [0.2, 0.25) is 0 Å². The summed E-state index contributed by atoms with van der Waals surface area (Å²) in [6, 6.07) is -0.889. The number of methoxy groups -OCH3 is 1. The van der Waals surface area contributed by atoms with Crippen LogP contribution in [0.5, 0.6) is 0 Å². The number of esters is 1. The number of rotatable bonds is 2. The molecular formula is C9H11F2NO3. The zero-order chi connectivity index (χ0) is 11.1. The quantitative estimate of drug-likeness (QED) is 0.642. The maximum absolute atomic E-state index is 13.1. The molecule has 0 aromatic heterocycles. The van der Waals surface area contributed by atoms with E-state index in [2.05, 4.69) is 4.74 Å². The number of nitrogens with zero attached hydrogens (tertiary/aromatic N) is 1. The summed E-state index contributed by atoms with van der Waals surface area (Å²) in [5, 5.41) is 0. The zero-order valence-corrected chi connectivity index (χ0v) is 8.20. The largest absolute Gasteiger partial charge is 0.493 e. The van der Waals surface area contributed by atoms with Gasteiger partial charge in [-0.05, 0) is 0 Å². The lowest BCUT2D eigenvalue weighted by atomic mass is 10.2. The fourth-order valence-corrected chi connectivity index (χ4v) is 1.77. The van der Waals surface area contributed by atoms with Crippen LogP contribution in [0, 0.1) is 0 Å². The third kappa shape index (κ3) is 1.75. The molecule has 0 aromatic carbocycles. The van der Waals surface area contributed by atoms with Crippen molar-refractivity contribution in [3.05, 3.63) is 12.0 Å². The van der Waals surface area contributed by atoms with Crippen LogP contribution >= 0.6 is 0 Å². The molecule has 0 aliphatic carbocycles. The molecule has 6 heteroatoms. The van der Waals surface area contributed by atoms with Crippen molar-refractivity contribution in [2.75, 3.05) is 20.3 Å². The maximum Gasteiger partial charge on any atom is 0.328 e. The summed E-state index contributed by atoms with van der Waals surface area (Å²) in [6.07, 6.45) is 0.897. The zero-order valence-electron chi connectivity index (χ0n) is 8.20. The Labute approximate surface area is 85.4 Å². The number of alkyl halides is 2. The standard InChI is InChI=1S/C9H11F2NO3/c1-14-8(13)7-2-9(10,11)5-12(7)6-3-15-4-6/h3,7H,2,4-5H2,1H3/t7-/m0/s1. The fraction of sp³-hybridized carbons (Fsp3) is 0.667. The first kappa shape index (κ1) is 10.2. The molecule has 0 saturated carbocycles. The molecule has 0 unspecified atom stereocenters. The van der Waals surface area contributed by atoms with Crippen molar-refractivity contribution in [3.63, 3.8) is 0 Å². The Hall–Kier alpha value is -1.33. The van der Waals surface area contributed by atoms with Gasteiger partial charge in [-0.15, -0.1) is 0 Å². The third-order valence-corrected chi connectivity index (χ3v) is 2.56. The van der Waals surface area contributed by atoms with E-state index in [4.69, 9.17) is 4.74 Å². The van der Waals surface area contributed by atoms with Crippen molar-refractivity contribution in [2.45, 2.75) is 18.4 Å². The minimum absolute atomic E-state index is 0.281. The summed E-state index contributed by atoms with van der Waals surface area (Å²) in [4.78, 5) is 12.6. The van der Waals surface area contributed by atoms with Crippen molar-refractivity contribution < 1.29 is 23.0 Å². The Morgan fingerprint density at radius 2 is 2.40 bits per heavy atom. The molecule has 1 saturated heterocycles. The minimum atomic E-state index is -2.84. The van der Waals surface area contributed by atoms with Gasteiger partial charge in [0.15, 0.2) is 0 Å². The molecule has 84 valence electrons. The monoisotopic (exact) mass is 219 g/mol. The lowest BCUT2D eigenvalue weighted by Gasteiger charge is -2.30. The van der Waals surface area contributed by atoms with Gasteiger partial charge in [0, 0.05) is 6.42 Å². The number of carbonyl (C=O) groups excluding carboxylic acids is 1. The minimum Gasteiger partial charge on any atom is -0.493 e. The number of hydrogen-bond acceptors (Lipinski definition) is 4. The molecule has 0 amide bonds. The number of carbonyl (C=O) groups is 1. The van der Waals surface area contributed by atoms with Crippen molar-refractivity contribution in [1.82, 2.24) is 4.90 Å². The van der Waals surface area contributed by atoms with Gasteiger partial charge in [-0.3, -0.25) is 0 Å². The molecule has 1 atom stereocenters. The third-order valence-electron chi connectivity index (χ3n) is 2.56. The van der Waals surface area contributed by atoms with E-state index in [1.807, 2.05) is 0 Å². The van der Waals surface area contributed by atoms with E-state index in [0.717, 1.165) is 0 Å². The molecule has 0 radical (unpaired) electrons. The van der Waals surface area contributed by atoms with E-state index in [1.165, 1.54) is 18.3 Å². The van der Waals surface area contributed by atoms with E-state index >= 15 is 0 Å². The molecule has 2 aliphatic rings. The second kappa shape index (κ2) is 3.36. The second-order valence-electron chi connectivity index (χ2n) is 3.65. The summed E-state index contributed by atoms with van der Waals surface area (Å²) >= 11 is 0. The smallest absolute Gasteiger partial charge is 0.328 e. The van der Waals surface area contributed by atoms with Crippen LogP contribution in [-0.2, 0) is 14.3 Å². The molecule has 0 bridgehead atoms. The average molecular weight is 219 g/mol. The van der Waals surface area contributed by atoms with Gasteiger partial charge in [0.05, 0.1) is 19.4 Å². The van der Waals surface area contributed by atoms with Gasteiger partial charge in [-0.2, -0.15) is 0 Å². The van der Waals surface area contributed by atoms with Crippen molar-refractivity contribution in [2.24, 2.45) is 0 Å². The number of ether oxygens (including phenoxy) is 2. The van der Waals surface area contributed by atoms with Crippen LogP contribution in [0.3, 0.4) is 0 Å². The van der Waals surface area contributed by atoms with Gasteiger partial charge in [-0.25, -0.2) is 13.6 Å². The van der Waals surface area contributed by atoms with Gasteiger partial charge in [0.25, 0.3) is 5.92 Å². The molecule has 15 heavy (non-hydrogen) atoms. The SMILES string of the molecule is COC(=O)[C@@H]1CC(F)(F)CN1C1=COC1. The molecule has 1 fully saturated rings. The molecule has 0 aromatic rings. The number of likely N-dealkylation sites (tertiary alicyclic amines) is 1. The van der Waals surface area contributed by atoms with E-state index < -0.39 is 30.9 Å². The lowest BCUT2D eigenvalue weighted by Crippen LogP contribution is -2.39. The first-order chi connectivity index (χ1) is 7.03. The second-order valence-corrected chi connectivity index (χ2v) is 3.65. The van der Waals surface area contributed by atoms with Gasteiger partial charge in [-0.1, -0.05) is 0 Å². The first-order valence-electron chi connectivity index (χ1n) is 4.56. The van der Waals surface area contributed by atoms with E-state index in [0.29, 0.717) is 5.70 Å². The lowest BCUT2D eigenvalue weighted by molar-refractivity contribution is -0.145. The van der Waals surface area contributed by atoms with E-state index in [1.54, 1.807) is 0 Å². The Morgan fingerprint density at radius 1 is 1.73 bits per heavy atom. The first-order valence-corrected chi connectivity index (χ1v) is 4.56. The number of halogens is 2. The summed E-state index contributed by atoms with van der Waals surface area (Å²) < 4.78 is 35.6. The van der Waals surface area contributed by atoms with Gasteiger partial charge in [0.1, 0.15) is 18.9 Å². The predicted octanol–water partition coefficient (Wildman–Crippen LogP) is 0.741.